The minimum atomic E-state index is -0.438. The number of carbonyl (C=O) groups excluding carboxylic acids is 1. The Morgan fingerprint density at radius 3 is 2.31 bits per heavy atom. The molecule has 2 rings (SSSR count). The number of carbonyl (C=O) groups is 1. The van der Waals surface area contributed by atoms with E-state index in [0.717, 1.165) is 5.56 Å². The van der Waals surface area contributed by atoms with Gasteiger partial charge >= 0.3 is 7.12 Å². The first-order valence-electron chi connectivity index (χ1n) is 8.93. The summed E-state index contributed by atoms with van der Waals surface area (Å²) in [4.78, 5) is 12.5. The zero-order valence-electron chi connectivity index (χ0n) is 16.1. The van der Waals surface area contributed by atoms with Gasteiger partial charge in [0.1, 0.15) is 0 Å². The van der Waals surface area contributed by atoms with Gasteiger partial charge in [-0.25, -0.2) is 0 Å². The minimum Gasteiger partial charge on any atom is -0.479 e. The SMILES string of the molecule is CCOC(=S)SC(CCC(=O)c1ccccc1)B1OC(C)(C)C(C)(C)O1. The van der Waals surface area contributed by atoms with Gasteiger partial charge in [-0.3, -0.25) is 4.79 Å². The second-order valence-electron chi connectivity index (χ2n) is 7.29. The van der Waals surface area contributed by atoms with E-state index in [2.05, 4.69) is 0 Å². The highest BCUT2D eigenvalue weighted by Gasteiger charge is 2.54. The van der Waals surface area contributed by atoms with Gasteiger partial charge < -0.3 is 14.0 Å². The zero-order chi connectivity index (χ0) is 19.4. The van der Waals surface area contributed by atoms with Crippen LogP contribution in [-0.2, 0) is 14.0 Å². The predicted molar refractivity (Wildman–Crippen MR) is 112 cm³/mol. The average molecular weight is 394 g/mol. The Hall–Kier alpha value is -0.885. The van der Waals surface area contributed by atoms with Crippen LogP contribution in [0, 0.1) is 0 Å². The number of thioether (sulfide) groups is 1. The van der Waals surface area contributed by atoms with Crippen molar-refractivity contribution in [1.82, 2.24) is 0 Å². The molecule has 0 aliphatic carbocycles. The molecule has 142 valence electrons. The van der Waals surface area contributed by atoms with Crippen LogP contribution in [0.3, 0.4) is 0 Å². The third-order valence-corrected chi connectivity index (χ3v) is 6.31. The van der Waals surface area contributed by atoms with Crippen molar-refractivity contribution in [3.8, 4) is 0 Å². The number of thiocarbonyl (C=S) groups is 1. The van der Waals surface area contributed by atoms with E-state index in [1.54, 1.807) is 0 Å². The zero-order valence-corrected chi connectivity index (χ0v) is 17.7. The molecule has 1 aromatic rings. The molecule has 1 unspecified atom stereocenters. The predicted octanol–water partition coefficient (Wildman–Crippen LogP) is 4.70. The highest BCUT2D eigenvalue weighted by Crippen LogP contribution is 2.40. The van der Waals surface area contributed by atoms with Gasteiger partial charge in [0, 0.05) is 17.1 Å². The molecule has 1 heterocycles. The highest BCUT2D eigenvalue weighted by molar-refractivity contribution is 8.23. The Morgan fingerprint density at radius 2 is 1.77 bits per heavy atom. The van der Waals surface area contributed by atoms with Crippen LogP contribution in [0.4, 0.5) is 0 Å². The molecule has 0 amide bonds. The monoisotopic (exact) mass is 394 g/mol. The molecular weight excluding hydrogens is 367 g/mol. The van der Waals surface area contributed by atoms with Crippen molar-refractivity contribution in [2.45, 2.75) is 63.8 Å². The lowest BCUT2D eigenvalue weighted by Crippen LogP contribution is -2.41. The van der Waals surface area contributed by atoms with Gasteiger partial charge in [-0.15, -0.1) is 0 Å². The Labute approximate surface area is 166 Å². The Balaban J connectivity index is 2.07. The summed E-state index contributed by atoms with van der Waals surface area (Å²) in [5.74, 6) is 0.107. The van der Waals surface area contributed by atoms with Gasteiger partial charge in [0.2, 0.25) is 4.38 Å². The van der Waals surface area contributed by atoms with Gasteiger partial charge in [0.15, 0.2) is 5.78 Å². The number of hydrogen-bond acceptors (Lipinski definition) is 6. The smallest absolute Gasteiger partial charge is 0.472 e. The van der Waals surface area contributed by atoms with Gasteiger partial charge in [0.25, 0.3) is 0 Å². The highest BCUT2D eigenvalue weighted by atomic mass is 32.2. The molecule has 1 saturated heterocycles. The number of rotatable bonds is 7. The average Bonchev–Trinajstić information content (AvgIpc) is 2.80. The summed E-state index contributed by atoms with van der Waals surface area (Å²) in [7, 11) is -0.438. The first-order chi connectivity index (χ1) is 12.2. The minimum absolute atomic E-state index is 0.107. The molecule has 26 heavy (non-hydrogen) atoms. The standard InChI is InChI=1S/C19H27BO4S2/c1-6-22-17(25)26-16(20-23-18(2,3)19(4,5)24-20)13-12-15(21)14-10-8-7-9-11-14/h7-11,16H,6,12-13H2,1-5H3. The summed E-state index contributed by atoms with van der Waals surface area (Å²) in [5, 5.41) is -0.109. The molecule has 1 aliphatic heterocycles. The quantitative estimate of drug-likeness (QED) is 0.379. The molecule has 1 fully saturated rings. The normalized spacial score (nSPS) is 19.2. The second kappa shape index (κ2) is 8.87. The van der Waals surface area contributed by atoms with E-state index in [0.29, 0.717) is 23.8 Å². The van der Waals surface area contributed by atoms with Gasteiger partial charge in [0.05, 0.1) is 17.8 Å². The van der Waals surface area contributed by atoms with Crippen molar-refractivity contribution < 1.29 is 18.8 Å². The summed E-state index contributed by atoms with van der Waals surface area (Å²) < 4.78 is 18.2. The fourth-order valence-corrected chi connectivity index (χ4v) is 3.99. The molecule has 1 aromatic carbocycles. The Morgan fingerprint density at radius 1 is 1.19 bits per heavy atom. The van der Waals surface area contributed by atoms with E-state index < -0.39 is 18.3 Å². The fourth-order valence-electron chi connectivity index (χ4n) is 2.61. The lowest BCUT2D eigenvalue weighted by Gasteiger charge is -2.32. The van der Waals surface area contributed by atoms with Crippen molar-refractivity contribution in [2.75, 3.05) is 6.61 Å². The van der Waals surface area contributed by atoms with E-state index in [4.69, 9.17) is 26.3 Å². The molecule has 0 aromatic heterocycles. The first-order valence-corrected chi connectivity index (χ1v) is 10.2. The molecule has 7 heteroatoms. The van der Waals surface area contributed by atoms with Crippen molar-refractivity contribution in [3.63, 3.8) is 0 Å². The van der Waals surface area contributed by atoms with Crippen molar-refractivity contribution in [3.05, 3.63) is 35.9 Å². The summed E-state index contributed by atoms with van der Waals surface area (Å²) in [6.45, 7) is 10.5. The van der Waals surface area contributed by atoms with Crippen molar-refractivity contribution in [1.29, 1.82) is 0 Å². The summed E-state index contributed by atoms with van der Waals surface area (Å²) >= 11 is 6.71. The fraction of sp³-hybridized carbons (Fsp3) is 0.579. The first kappa shape index (κ1) is 21.4. The maximum Gasteiger partial charge on any atom is 0.472 e. The molecule has 0 saturated carbocycles. The summed E-state index contributed by atoms with van der Waals surface area (Å²) in [5.41, 5.74) is -0.127. The van der Waals surface area contributed by atoms with Crippen LogP contribution in [0.5, 0.6) is 0 Å². The van der Waals surface area contributed by atoms with Crippen LogP contribution in [0.1, 0.15) is 57.8 Å². The van der Waals surface area contributed by atoms with Crippen LogP contribution in [0.15, 0.2) is 30.3 Å². The third kappa shape index (κ3) is 5.32. The number of ketones is 1. The van der Waals surface area contributed by atoms with Crippen molar-refractivity contribution in [2.24, 2.45) is 0 Å². The van der Waals surface area contributed by atoms with Crippen LogP contribution in [-0.4, -0.2) is 40.2 Å². The summed E-state index contributed by atoms with van der Waals surface area (Å²) in [6, 6.07) is 9.32. The molecule has 0 N–H and O–H groups in total. The van der Waals surface area contributed by atoms with Crippen LogP contribution in [0.2, 0.25) is 0 Å². The van der Waals surface area contributed by atoms with Crippen LogP contribution in [0.25, 0.3) is 0 Å². The van der Waals surface area contributed by atoms with Gasteiger partial charge in [-0.1, -0.05) is 42.1 Å². The van der Waals surface area contributed by atoms with E-state index in [1.165, 1.54) is 11.8 Å². The molecule has 0 spiro atoms. The number of ether oxygens (including phenoxy) is 1. The Kier molecular flexibility index (Phi) is 7.31. The van der Waals surface area contributed by atoms with Crippen LogP contribution < -0.4 is 0 Å². The van der Waals surface area contributed by atoms with Crippen LogP contribution >= 0.6 is 24.0 Å². The lowest BCUT2D eigenvalue weighted by atomic mass is 9.81. The van der Waals surface area contributed by atoms with E-state index >= 15 is 0 Å². The van der Waals surface area contributed by atoms with E-state index in [1.807, 2.05) is 65.0 Å². The lowest BCUT2D eigenvalue weighted by molar-refractivity contribution is 0.00578. The molecule has 0 radical (unpaired) electrons. The number of Topliss-reactive ketones (excluding diaryl/α,β-unsaturated/α-hetero) is 1. The molecule has 1 aliphatic rings. The van der Waals surface area contributed by atoms with E-state index in [-0.39, 0.29) is 10.9 Å². The maximum atomic E-state index is 12.5. The van der Waals surface area contributed by atoms with Gasteiger partial charge in [-0.05, 0) is 53.3 Å². The number of benzene rings is 1. The van der Waals surface area contributed by atoms with Crippen molar-refractivity contribution >= 4 is 41.3 Å². The topological polar surface area (TPSA) is 44.8 Å². The second-order valence-corrected chi connectivity index (χ2v) is 9.13. The van der Waals surface area contributed by atoms with Gasteiger partial charge in [-0.2, -0.15) is 0 Å². The largest absolute Gasteiger partial charge is 0.479 e. The molecule has 0 bridgehead atoms. The molecule has 4 nitrogen and oxygen atoms in total. The third-order valence-electron chi connectivity index (χ3n) is 4.84. The maximum absolute atomic E-state index is 12.5. The molecule has 1 atom stereocenters. The molecular formula is C19H27BO4S2. The summed E-state index contributed by atoms with van der Waals surface area (Å²) in [6.07, 6.45) is 1.00. The van der Waals surface area contributed by atoms with E-state index in [9.17, 15) is 4.79 Å². The number of hydrogen-bond donors (Lipinski definition) is 0. The Bertz CT molecular complexity index is 618.